The van der Waals surface area contributed by atoms with Crippen LogP contribution in [0.1, 0.15) is 25.2 Å². The van der Waals surface area contributed by atoms with Crippen molar-refractivity contribution < 1.29 is 9.53 Å². The third-order valence-electron chi connectivity index (χ3n) is 4.34. The molecule has 6 nitrogen and oxygen atoms in total. The quantitative estimate of drug-likeness (QED) is 0.424. The number of ether oxygens (including phenoxy) is 1. The molecule has 2 aromatic carbocycles. The number of hydrogen-bond acceptors (Lipinski definition) is 5. The highest BCUT2D eigenvalue weighted by molar-refractivity contribution is 7.99. The van der Waals surface area contributed by atoms with Crippen molar-refractivity contribution in [3.8, 4) is 5.75 Å². The summed E-state index contributed by atoms with van der Waals surface area (Å²) in [6, 6.07) is 13.0. The highest BCUT2D eigenvalue weighted by Gasteiger charge is 2.14. The zero-order valence-corrected chi connectivity index (χ0v) is 19.0. The second-order valence-electron chi connectivity index (χ2n) is 6.39. The second-order valence-corrected chi connectivity index (χ2v) is 8.15. The lowest BCUT2D eigenvalue weighted by Crippen LogP contribution is -2.15. The lowest BCUT2D eigenvalue weighted by atomic mass is 10.2. The first-order valence-electron chi connectivity index (χ1n) is 9.51. The van der Waals surface area contributed by atoms with Gasteiger partial charge in [0, 0.05) is 12.2 Å². The molecule has 0 aliphatic carbocycles. The van der Waals surface area contributed by atoms with Crippen molar-refractivity contribution in [1.82, 2.24) is 14.8 Å². The van der Waals surface area contributed by atoms with Crippen molar-refractivity contribution in [1.29, 1.82) is 0 Å². The Hall–Kier alpha value is -2.22. The number of anilines is 1. The molecule has 0 aliphatic heterocycles. The van der Waals surface area contributed by atoms with Gasteiger partial charge in [0.1, 0.15) is 12.4 Å². The Balaban J connectivity index is 1.56. The predicted octanol–water partition coefficient (Wildman–Crippen LogP) is 5.48. The van der Waals surface area contributed by atoms with E-state index >= 15 is 0 Å². The van der Waals surface area contributed by atoms with Crippen LogP contribution in [-0.4, -0.2) is 26.4 Å². The molecule has 0 aliphatic rings. The predicted molar refractivity (Wildman–Crippen MR) is 122 cm³/mol. The Morgan fingerprint density at radius 2 is 1.87 bits per heavy atom. The summed E-state index contributed by atoms with van der Waals surface area (Å²) < 4.78 is 7.78. The third kappa shape index (κ3) is 5.90. The Bertz CT molecular complexity index is 1010. The topological polar surface area (TPSA) is 69.0 Å². The molecule has 3 rings (SSSR count). The number of carbonyl (C=O) groups excluding carboxylic acids is 1. The summed E-state index contributed by atoms with van der Waals surface area (Å²) in [5.74, 6) is 1.52. The van der Waals surface area contributed by atoms with Crippen molar-refractivity contribution in [2.45, 2.75) is 38.6 Å². The van der Waals surface area contributed by atoms with Crippen molar-refractivity contribution in [2.75, 3.05) is 11.1 Å². The van der Waals surface area contributed by atoms with Gasteiger partial charge in [-0.15, -0.1) is 10.2 Å². The normalized spacial score (nSPS) is 10.8. The van der Waals surface area contributed by atoms with Crippen molar-refractivity contribution in [3.05, 3.63) is 63.9 Å². The number of benzene rings is 2. The lowest BCUT2D eigenvalue weighted by Gasteiger charge is -2.09. The number of nitrogens with zero attached hydrogens (tertiary/aromatic N) is 3. The smallest absolute Gasteiger partial charge is 0.234 e. The molecule has 1 N–H and O–H groups in total. The molecule has 9 heteroatoms. The maximum absolute atomic E-state index is 12.3. The third-order valence-corrected chi connectivity index (χ3v) is 6.05. The number of aromatic nitrogens is 3. The molecule has 0 bridgehead atoms. The summed E-state index contributed by atoms with van der Waals surface area (Å²) in [6.45, 7) is 5.10. The molecule has 0 radical (unpaired) electrons. The molecule has 158 valence electrons. The maximum Gasteiger partial charge on any atom is 0.234 e. The number of halogens is 2. The average molecular weight is 465 g/mol. The fourth-order valence-electron chi connectivity index (χ4n) is 2.72. The van der Waals surface area contributed by atoms with Gasteiger partial charge in [0.25, 0.3) is 0 Å². The van der Waals surface area contributed by atoms with Gasteiger partial charge in [0.05, 0.1) is 15.8 Å². The molecule has 0 saturated carbocycles. The molecule has 30 heavy (non-hydrogen) atoms. The molecule has 1 heterocycles. The Labute approximate surface area is 189 Å². The number of rotatable bonds is 9. The monoisotopic (exact) mass is 464 g/mol. The molecular weight excluding hydrogens is 443 g/mol. The fraction of sp³-hybridized carbons (Fsp3) is 0.286. The summed E-state index contributed by atoms with van der Waals surface area (Å²) in [5, 5.41) is 12.7. The summed E-state index contributed by atoms with van der Waals surface area (Å²) in [5.41, 5.74) is 1.85. The Morgan fingerprint density at radius 3 is 2.53 bits per heavy atom. The van der Waals surface area contributed by atoms with E-state index < -0.39 is 0 Å². The highest BCUT2D eigenvalue weighted by Crippen LogP contribution is 2.25. The van der Waals surface area contributed by atoms with Crippen LogP contribution in [0, 0.1) is 0 Å². The largest absolute Gasteiger partial charge is 0.486 e. The second kappa shape index (κ2) is 10.7. The summed E-state index contributed by atoms with van der Waals surface area (Å²) in [6.07, 6.45) is 0.990. The molecule has 0 saturated heterocycles. The van der Waals surface area contributed by atoms with E-state index in [2.05, 4.69) is 22.4 Å². The minimum Gasteiger partial charge on any atom is -0.486 e. The minimum absolute atomic E-state index is 0.169. The van der Waals surface area contributed by atoms with E-state index in [1.165, 1.54) is 17.3 Å². The van der Waals surface area contributed by atoms with Crippen LogP contribution in [0.15, 0.2) is 47.6 Å². The lowest BCUT2D eigenvalue weighted by molar-refractivity contribution is -0.113. The number of amides is 1. The van der Waals surface area contributed by atoms with E-state index in [4.69, 9.17) is 27.9 Å². The molecule has 0 unspecified atom stereocenters. The zero-order valence-electron chi connectivity index (χ0n) is 16.7. The number of hydrogen-bond donors (Lipinski definition) is 1. The standard InChI is InChI=1S/C21H22Cl2N4O2S/c1-3-14-5-8-16(9-6-14)29-12-19-25-26-21(27(19)4-2)30-13-20(28)24-15-7-10-17(22)18(23)11-15/h5-11H,3-4,12-13H2,1-2H3,(H,24,28). The Morgan fingerprint density at radius 1 is 1.10 bits per heavy atom. The van der Waals surface area contributed by atoms with Crippen LogP contribution in [-0.2, 0) is 24.4 Å². The molecule has 3 aromatic rings. The van der Waals surface area contributed by atoms with Gasteiger partial charge in [0.15, 0.2) is 11.0 Å². The van der Waals surface area contributed by atoms with Gasteiger partial charge in [-0.25, -0.2) is 0 Å². The summed E-state index contributed by atoms with van der Waals surface area (Å²) in [7, 11) is 0. The number of aryl methyl sites for hydroxylation is 1. The van der Waals surface area contributed by atoms with Gasteiger partial charge in [0.2, 0.25) is 5.91 Å². The number of nitrogens with one attached hydrogen (secondary N) is 1. The van der Waals surface area contributed by atoms with Gasteiger partial charge in [-0.2, -0.15) is 0 Å². The van der Waals surface area contributed by atoms with Crippen molar-refractivity contribution >= 4 is 46.6 Å². The first-order chi connectivity index (χ1) is 14.5. The molecule has 0 fully saturated rings. The number of carbonyl (C=O) groups is 1. The van der Waals surface area contributed by atoms with Crippen LogP contribution in [0.25, 0.3) is 0 Å². The van der Waals surface area contributed by atoms with E-state index in [0.717, 1.165) is 12.2 Å². The first kappa shape index (κ1) is 22.5. The van der Waals surface area contributed by atoms with Crippen LogP contribution in [0.3, 0.4) is 0 Å². The molecule has 1 amide bonds. The van der Waals surface area contributed by atoms with E-state index in [1.54, 1.807) is 18.2 Å². The van der Waals surface area contributed by atoms with Gasteiger partial charge < -0.3 is 14.6 Å². The minimum atomic E-state index is -0.169. The van der Waals surface area contributed by atoms with Crippen LogP contribution in [0.4, 0.5) is 5.69 Å². The van der Waals surface area contributed by atoms with E-state index in [1.807, 2.05) is 35.8 Å². The molecule has 0 atom stereocenters. The zero-order chi connectivity index (χ0) is 21.5. The van der Waals surface area contributed by atoms with E-state index in [0.29, 0.717) is 39.9 Å². The van der Waals surface area contributed by atoms with Gasteiger partial charge >= 0.3 is 0 Å². The SMILES string of the molecule is CCc1ccc(OCc2nnc(SCC(=O)Nc3ccc(Cl)c(Cl)c3)n2CC)cc1. The van der Waals surface area contributed by atoms with Gasteiger partial charge in [-0.05, 0) is 49.2 Å². The Kier molecular flexibility index (Phi) is 8.01. The number of thioether (sulfide) groups is 1. The molecular formula is C21H22Cl2N4O2S. The van der Waals surface area contributed by atoms with Crippen LogP contribution in [0.2, 0.25) is 10.0 Å². The van der Waals surface area contributed by atoms with E-state index in [-0.39, 0.29) is 11.7 Å². The van der Waals surface area contributed by atoms with Gasteiger partial charge in [-0.3, -0.25) is 4.79 Å². The first-order valence-corrected chi connectivity index (χ1v) is 11.3. The van der Waals surface area contributed by atoms with E-state index in [9.17, 15) is 4.79 Å². The van der Waals surface area contributed by atoms with Crippen molar-refractivity contribution in [2.24, 2.45) is 0 Å². The van der Waals surface area contributed by atoms with Crippen LogP contribution >= 0.6 is 35.0 Å². The summed E-state index contributed by atoms with van der Waals surface area (Å²) in [4.78, 5) is 12.3. The van der Waals surface area contributed by atoms with Crippen LogP contribution < -0.4 is 10.1 Å². The van der Waals surface area contributed by atoms with Gasteiger partial charge in [-0.1, -0.05) is 54.0 Å². The maximum atomic E-state index is 12.3. The average Bonchev–Trinajstić information content (AvgIpc) is 3.15. The highest BCUT2D eigenvalue weighted by atomic mass is 35.5. The van der Waals surface area contributed by atoms with Crippen molar-refractivity contribution in [3.63, 3.8) is 0 Å². The fourth-order valence-corrected chi connectivity index (χ4v) is 3.84. The molecule has 0 spiro atoms. The van der Waals surface area contributed by atoms with Crippen LogP contribution in [0.5, 0.6) is 5.75 Å². The summed E-state index contributed by atoms with van der Waals surface area (Å²) >= 11 is 13.2. The molecule has 1 aromatic heterocycles.